The summed E-state index contributed by atoms with van der Waals surface area (Å²) >= 11 is 1.05. The zero-order valence-corrected chi connectivity index (χ0v) is 20.0. The fourth-order valence-electron chi connectivity index (χ4n) is 4.74. The molecule has 0 amide bonds. The summed E-state index contributed by atoms with van der Waals surface area (Å²) in [6.45, 7) is 2.65. The van der Waals surface area contributed by atoms with Crippen molar-refractivity contribution >= 4 is 38.3 Å². The minimum Gasteiger partial charge on any atom is -0.367 e. The van der Waals surface area contributed by atoms with Crippen molar-refractivity contribution in [2.24, 2.45) is 0 Å². The first kappa shape index (κ1) is 24.0. The fraction of sp³-hybridized carbons (Fsp3) is 0.360. The molecule has 3 aromatic heterocycles. The Labute approximate surface area is 209 Å². The lowest BCUT2D eigenvalue weighted by Gasteiger charge is -2.32. The van der Waals surface area contributed by atoms with E-state index in [1.807, 2.05) is 18.2 Å². The summed E-state index contributed by atoms with van der Waals surface area (Å²) < 4.78 is 40.1. The number of aromatic nitrogens is 3. The van der Waals surface area contributed by atoms with Crippen molar-refractivity contribution in [3.63, 3.8) is 0 Å². The lowest BCUT2D eigenvalue weighted by molar-refractivity contribution is -0.126. The third-order valence-corrected chi connectivity index (χ3v) is 7.44. The topological polar surface area (TPSA) is 93.6 Å². The molecule has 11 heteroatoms. The smallest absolute Gasteiger partial charge is 0.367 e. The highest BCUT2D eigenvalue weighted by molar-refractivity contribution is 7.18. The average molecular weight is 510 g/mol. The van der Waals surface area contributed by atoms with Gasteiger partial charge in [0.1, 0.15) is 35.3 Å². The van der Waals surface area contributed by atoms with Crippen LogP contribution in [0.3, 0.4) is 0 Å². The molecule has 4 heterocycles. The molecular weight excluding hydrogens is 487 g/mol. The van der Waals surface area contributed by atoms with Gasteiger partial charge in [-0.3, -0.25) is 4.90 Å². The van der Waals surface area contributed by atoms with Crippen LogP contribution in [0.25, 0.3) is 21.1 Å². The number of nitrogens with zero attached hydrogens (tertiary/aromatic N) is 6. The number of alkyl halides is 3. The summed E-state index contributed by atoms with van der Waals surface area (Å²) in [5.74, 6) is 0.587. The molecule has 1 saturated heterocycles. The van der Waals surface area contributed by atoms with Crippen molar-refractivity contribution in [2.75, 3.05) is 18.4 Å². The van der Waals surface area contributed by atoms with Gasteiger partial charge < -0.3 is 9.88 Å². The molecule has 0 atom stereocenters. The van der Waals surface area contributed by atoms with Gasteiger partial charge in [0, 0.05) is 35.9 Å². The molecule has 7 nitrogen and oxygen atoms in total. The van der Waals surface area contributed by atoms with Gasteiger partial charge in [0.2, 0.25) is 0 Å². The van der Waals surface area contributed by atoms with Crippen LogP contribution in [-0.2, 0) is 19.5 Å². The SMILES string of the molecule is N#CCn1c(C#N)cc2cc(CN3CCC(Nc4ncnc5sc(CC(F)(F)F)cc45)CC3)ccc21. The van der Waals surface area contributed by atoms with Gasteiger partial charge >= 0.3 is 6.18 Å². The van der Waals surface area contributed by atoms with Crippen molar-refractivity contribution in [1.29, 1.82) is 10.5 Å². The number of nitrogens with one attached hydrogen (secondary N) is 1. The molecule has 0 saturated carbocycles. The molecule has 1 aliphatic rings. The van der Waals surface area contributed by atoms with Crippen molar-refractivity contribution in [3.8, 4) is 12.1 Å². The van der Waals surface area contributed by atoms with E-state index in [0.717, 1.165) is 60.3 Å². The summed E-state index contributed by atoms with van der Waals surface area (Å²) in [5, 5.41) is 23.4. The van der Waals surface area contributed by atoms with E-state index in [9.17, 15) is 18.4 Å². The number of hydrogen-bond donors (Lipinski definition) is 1. The molecule has 0 spiro atoms. The van der Waals surface area contributed by atoms with Crippen molar-refractivity contribution in [2.45, 2.75) is 44.6 Å². The second-order valence-electron chi connectivity index (χ2n) is 8.92. The minimum absolute atomic E-state index is 0.139. The highest BCUT2D eigenvalue weighted by Crippen LogP contribution is 2.33. The Balaban J connectivity index is 1.22. The van der Waals surface area contributed by atoms with Crippen molar-refractivity contribution < 1.29 is 13.2 Å². The quantitative estimate of drug-likeness (QED) is 0.383. The third-order valence-electron chi connectivity index (χ3n) is 6.40. The number of nitriles is 2. The number of piperidine rings is 1. The first-order valence-corrected chi connectivity index (χ1v) is 12.3. The van der Waals surface area contributed by atoms with E-state index in [2.05, 4.69) is 38.4 Å². The molecule has 4 aromatic rings. The maximum atomic E-state index is 12.8. The highest BCUT2D eigenvalue weighted by Gasteiger charge is 2.29. The second-order valence-corrected chi connectivity index (χ2v) is 10.0. The molecule has 1 N–H and O–H groups in total. The number of rotatable bonds is 6. The van der Waals surface area contributed by atoms with E-state index in [1.54, 1.807) is 10.6 Å². The molecule has 184 valence electrons. The summed E-state index contributed by atoms with van der Waals surface area (Å²) in [6, 6.07) is 13.9. The molecule has 0 bridgehead atoms. The number of halogens is 3. The number of likely N-dealkylation sites (tertiary alicyclic amines) is 1. The molecule has 0 aliphatic carbocycles. The Bertz CT molecular complexity index is 1480. The predicted molar refractivity (Wildman–Crippen MR) is 131 cm³/mol. The number of anilines is 1. The normalized spacial score (nSPS) is 15.2. The van der Waals surface area contributed by atoms with Gasteiger partial charge in [-0.2, -0.15) is 23.7 Å². The molecule has 1 fully saturated rings. The Morgan fingerprint density at radius 2 is 1.92 bits per heavy atom. The van der Waals surface area contributed by atoms with Gasteiger partial charge in [-0.25, -0.2) is 9.97 Å². The van der Waals surface area contributed by atoms with Gasteiger partial charge in [-0.1, -0.05) is 6.07 Å². The van der Waals surface area contributed by atoms with Crippen LogP contribution in [0.1, 0.15) is 29.0 Å². The Kier molecular flexibility index (Phi) is 6.52. The summed E-state index contributed by atoms with van der Waals surface area (Å²) in [4.78, 5) is 11.6. The van der Waals surface area contributed by atoms with E-state index in [4.69, 9.17) is 5.26 Å². The lowest BCUT2D eigenvalue weighted by Crippen LogP contribution is -2.38. The van der Waals surface area contributed by atoms with Crippen LogP contribution in [-0.4, -0.2) is 44.7 Å². The van der Waals surface area contributed by atoms with Crippen LogP contribution in [0.15, 0.2) is 36.7 Å². The molecule has 0 unspecified atom stereocenters. The van der Waals surface area contributed by atoms with Gasteiger partial charge in [0.15, 0.2) is 0 Å². The first-order valence-electron chi connectivity index (χ1n) is 11.5. The van der Waals surface area contributed by atoms with Crippen LogP contribution in [0.5, 0.6) is 0 Å². The van der Waals surface area contributed by atoms with Gasteiger partial charge in [0.05, 0.1) is 23.4 Å². The van der Waals surface area contributed by atoms with Gasteiger partial charge in [-0.15, -0.1) is 11.3 Å². The van der Waals surface area contributed by atoms with E-state index in [0.29, 0.717) is 21.7 Å². The number of fused-ring (bicyclic) bond motifs is 2. The maximum Gasteiger partial charge on any atom is 0.393 e. The predicted octanol–water partition coefficient (Wildman–Crippen LogP) is 5.22. The summed E-state index contributed by atoms with van der Waals surface area (Å²) in [6.07, 6.45) is -2.06. The Morgan fingerprint density at radius 3 is 2.64 bits per heavy atom. The third kappa shape index (κ3) is 5.13. The highest BCUT2D eigenvalue weighted by atomic mass is 32.1. The number of thiophene rings is 1. The molecule has 5 rings (SSSR count). The Morgan fingerprint density at radius 1 is 1.11 bits per heavy atom. The molecule has 1 aromatic carbocycles. The standard InChI is InChI=1S/C25H22F3N7S/c26-25(27,28)12-20-11-21-23(31-15-32-24(21)36-20)33-18-3-6-34(7-4-18)14-16-1-2-22-17(9-16)10-19(13-30)35(22)8-5-29/h1-2,9-11,15,18H,3-4,6-8,12,14H2,(H,31,32,33). The first-order chi connectivity index (χ1) is 17.3. The van der Waals surface area contributed by atoms with Crippen molar-refractivity contribution in [1.82, 2.24) is 19.4 Å². The van der Waals surface area contributed by atoms with Gasteiger partial charge in [0.25, 0.3) is 0 Å². The number of benzene rings is 1. The van der Waals surface area contributed by atoms with Crippen LogP contribution >= 0.6 is 11.3 Å². The Hall–Kier alpha value is -3.67. The fourth-order valence-corrected chi connectivity index (χ4v) is 5.77. The molecule has 36 heavy (non-hydrogen) atoms. The molecular formula is C25H22F3N7S. The zero-order valence-electron chi connectivity index (χ0n) is 19.2. The van der Waals surface area contributed by atoms with Crippen LogP contribution in [0, 0.1) is 22.7 Å². The van der Waals surface area contributed by atoms with Crippen LogP contribution in [0.4, 0.5) is 19.0 Å². The van der Waals surface area contributed by atoms with E-state index in [-0.39, 0.29) is 17.5 Å². The van der Waals surface area contributed by atoms with Crippen LogP contribution < -0.4 is 5.32 Å². The van der Waals surface area contributed by atoms with Crippen molar-refractivity contribution in [3.05, 3.63) is 52.8 Å². The summed E-state index contributed by atoms with van der Waals surface area (Å²) in [5.41, 5.74) is 2.49. The van der Waals surface area contributed by atoms with E-state index in [1.165, 1.54) is 6.33 Å². The average Bonchev–Trinajstić information content (AvgIpc) is 3.40. The lowest BCUT2D eigenvalue weighted by atomic mass is 10.0. The zero-order chi connectivity index (χ0) is 25.3. The monoisotopic (exact) mass is 509 g/mol. The van der Waals surface area contributed by atoms with Crippen LogP contribution in [0.2, 0.25) is 0 Å². The van der Waals surface area contributed by atoms with E-state index >= 15 is 0 Å². The largest absolute Gasteiger partial charge is 0.393 e. The second kappa shape index (κ2) is 9.76. The van der Waals surface area contributed by atoms with Gasteiger partial charge in [-0.05, 0) is 42.7 Å². The summed E-state index contributed by atoms with van der Waals surface area (Å²) in [7, 11) is 0. The minimum atomic E-state index is -4.25. The van der Waals surface area contributed by atoms with E-state index < -0.39 is 12.6 Å². The molecule has 1 aliphatic heterocycles. The molecule has 0 radical (unpaired) electrons. The maximum absolute atomic E-state index is 12.8. The number of hydrogen-bond acceptors (Lipinski definition) is 7.